The first-order valence-electron chi connectivity index (χ1n) is 4.88. The lowest BCUT2D eigenvalue weighted by Gasteiger charge is -2.12. The fourth-order valence-corrected chi connectivity index (χ4v) is 1.19. The van der Waals surface area contributed by atoms with E-state index in [2.05, 4.69) is 0 Å². The van der Waals surface area contributed by atoms with Crippen LogP contribution in [0.15, 0.2) is 24.3 Å². The van der Waals surface area contributed by atoms with Gasteiger partial charge in [0, 0.05) is 13.0 Å². The highest BCUT2D eigenvalue weighted by molar-refractivity contribution is 5.70. The normalized spacial score (nSPS) is 12.1. The Balaban J connectivity index is 2.54. The number of aliphatic hydroxyl groups is 2. The third-order valence-electron chi connectivity index (χ3n) is 1.93. The fourth-order valence-electron chi connectivity index (χ4n) is 1.19. The highest BCUT2D eigenvalue weighted by Gasteiger charge is 2.05. The van der Waals surface area contributed by atoms with Crippen molar-refractivity contribution in [2.24, 2.45) is 0 Å². The van der Waals surface area contributed by atoms with Gasteiger partial charge >= 0.3 is 5.97 Å². The number of aliphatic hydroxyl groups excluding tert-OH is 2. The number of carboxylic acid groups (broad SMARTS) is 1. The van der Waals surface area contributed by atoms with Crippen molar-refractivity contribution in [3.63, 3.8) is 0 Å². The number of hydrogen-bond acceptors (Lipinski definition) is 4. The summed E-state index contributed by atoms with van der Waals surface area (Å²) < 4.78 is 5.06. The molecule has 0 saturated carbocycles. The number of ether oxygens (including phenoxy) is 1. The van der Waals surface area contributed by atoms with E-state index in [4.69, 9.17) is 14.9 Å². The molecule has 0 aliphatic carbocycles. The van der Waals surface area contributed by atoms with Gasteiger partial charge in [0.05, 0.1) is 6.42 Å². The van der Waals surface area contributed by atoms with Crippen molar-refractivity contribution in [2.45, 2.75) is 19.1 Å². The van der Waals surface area contributed by atoms with Crippen molar-refractivity contribution >= 4 is 5.97 Å². The molecule has 0 aliphatic rings. The number of aliphatic carboxylic acids is 1. The second-order valence-corrected chi connectivity index (χ2v) is 3.30. The average molecular weight is 226 g/mol. The van der Waals surface area contributed by atoms with Crippen LogP contribution < -0.4 is 4.74 Å². The summed E-state index contributed by atoms with van der Waals surface area (Å²) in [6, 6.07) is 6.40. The minimum Gasteiger partial charge on any atom is -0.481 e. The molecule has 0 radical (unpaired) electrons. The molecule has 0 bridgehead atoms. The minimum atomic E-state index is -1.05. The summed E-state index contributed by atoms with van der Waals surface area (Å²) in [6.07, 6.45) is -0.952. The lowest BCUT2D eigenvalue weighted by atomic mass is 10.1. The molecular formula is C11H14O5. The largest absolute Gasteiger partial charge is 0.481 e. The van der Waals surface area contributed by atoms with Crippen LogP contribution in [0.2, 0.25) is 0 Å². The van der Waals surface area contributed by atoms with E-state index >= 15 is 0 Å². The molecule has 1 aromatic rings. The molecule has 88 valence electrons. The molecule has 0 amide bonds. The van der Waals surface area contributed by atoms with Gasteiger partial charge in [0.1, 0.15) is 5.75 Å². The molecule has 0 spiro atoms. The Bertz CT molecular complexity index is 333. The second kappa shape index (κ2) is 6.09. The number of hydrogen-bond donors (Lipinski definition) is 3. The van der Waals surface area contributed by atoms with Gasteiger partial charge in [-0.2, -0.15) is 0 Å². The Labute approximate surface area is 92.9 Å². The van der Waals surface area contributed by atoms with Crippen LogP contribution in [0.25, 0.3) is 0 Å². The van der Waals surface area contributed by atoms with E-state index < -0.39 is 12.3 Å². The lowest BCUT2D eigenvalue weighted by molar-refractivity contribution is -0.136. The molecule has 3 N–H and O–H groups in total. The molecule has 16 heavy (non-hydrogen) atoms. The number of benzene rings is 1. The predicted molar refractivity (Wildman–Crippen MR) is 56.1 cm³/mol. The first-order valence-corrected chi connectivity index (χ1v) is 4.88. The van der Waals surface area contributed by atoms with Gasteiger partial charge in [-0.3, -0.25) is 4.79 Å². The molecule has 1 atom stereocenters. The molecule has 1 rings (SSSR count). The van der Waals surface area contributed by atoms with Crippen LogP contribution in [-0.2, 0) is 11.2 Å². The van der Waals surface area contributed by atoms with Crippen LogP contribution in [-0.4, -0.2) is 34.2 Å². The van der Waals surface area contributed by atoms with E-state index in [-0.39, 0.29) is 19.4 Å². The minimum absolute atomic E-state index is 0.0422. The number of carbonyl (C=O) groups is 1. The van der Waals surface area contributed by atoms with Gasteiger partial charge in [0.25, 0.3) is 0 Å². The second-order valence-electron chi connectivity index (χ2n) is 3.30. The Morgan fingerprint density at radius 3 is 2.44 bits per heavy atom. The Morgan fingerprint density at radius 1 is 1.31 bits per heavy atom. The van der Waals surface area contributed by atoms with Crippen LogP contribution in [0.1, 0.15) is 12.0 Å². The van der Waals surface area contributed by atoms with Gasteiger partial charge in [-0.25, -0.2) is 0 Å². The molecule has 0 saturated heterocycles. The molecule has 5 nitrogen and oxygen atoms in total. The van der Waals surface area contributed by atoms with Crippen LogP contribution in [0.4, 0.5) is 0 Å². The summed E-state index contributed by atoms with van der Waals surface area (Å²) in [5, 5.41) is 26.3. The summed E-state index contributed by atoms with van der Waals surface area (Å²) in [5.74, 6) is -0.455. The molecule has 0 heterocycles. The van der Waals surface area contributed by atoms with Crippen molar-refractivity contribution < 1.29 is 24.9 Å². The predicted octanol–water partition coefficient (Wildman–Crippen LogP) is 0.393. The zero-order chi connectivity index (χ0) is 12.0. The highest BCUT2D eigenvalue weighted by Crippen LogP contribution is 2.14. The maximum absolute atomic E-state index is 10.4. The molecule has 1 aromatic carbocycles. The van der Waals surface area contributed by atoms with Crippen LogP contribution >= 0.6 is 0 Å². The van der Waals surface area contributed by atoms with Gasteiger partial charge in [-0.05, 0) is 17.7 Å². The quantitative estimate of drug-likeness (QED) is 0.611. The lowest BCUT2D eigenvalue weighted by Crippen LogP contribution is -2.16. The molecular weight excluding hydrogens is 212 g/mol. The number of carboxylic acids is 1. The van der Waals surface area contributed by atoms with Crippen LogP contribution in [0, 0.1) is 0 Å². The Kier molecular flexibility index (Phi) is 4.75. The molecule has 0 fully saturated rings. The molecule has 1 unspecified atom stereocenters. The van der Waals surface area contributed by atoms with Gasteiger partial charge in [0.15, 0.2) is 6.29 Å². The fraction of sp³-hybridized carbons (Fsp3) is 0.364. The summed E-state index contributed by atoms with van der Waals surface area (Å²) >= 11 is 0. The Morgan fingerprint density at radius 2 is 1.94 bits per heavy atom. The van der Waals surface area contributed by atoms with Crippen molar-refractivity contribution in [3.8, 4) is 5.75 Å². The van der Waals surface area contributed by atoms with Crippen LogP contribution in [0.3, 0.4) is 0 Å². The van der Waals surface area contributed by atoms with Crippen molar-refractivity contribution in [2.75, 3.05) is 6.61 Å². The molecule has 0 aliphatic heterocycles. The third kappa shape index (κ3) is 4.29. The van der Waals surface area contributed by atoms with Gasteiger partial charge < -0.3 is 20.1 Å². The Hall–Kier alpha value is -1.59. The summed E-state index contributed by atoms with van der Waals surface area (Å²) in [5.41, 5.74) is 0.663. The maximum Gasteiger partial charge on any atom is 0.307 e. The van der Waals surface area contributed by atoms with E-state index in [0.29, 0.717) is 11.3 Å². The van der Waals surface area contributed by atoms with E-state index in [1.807, 2.05) is 0 Å². The summed E-state index contributed by atoms with van der Waals surface area (Å²) in [4.78, 5) is 10.4. The van der Waals surface area contributed by atoms with E-state index in [9.17, 15) is 9.90 Å². The van der Waals surface area contributed by atoms with Gasteiger partial charge in [0.2, 0.25) is 0 Å². The van der Waals surface area contributed by atoms with Gasteiger partial charge in [-0.15, -0.1) is 0 Å². The topological polar surface area (TPSA) is 87.0 Å². The zero-order valence-electron chi connectivity index (χ0n) is 8.67. The van der Waals surface area contributed by atoms with Crippen molar-refractivity contribution in [1.29, 1.82) is 0 Å². The zero-order valence-corrected chi connectivity index (χ0v) is 8.67. The highest BCUT2D eigenvalue weighted by atomic mass is 16.6. The van der Waals surface area contributed by atoms with Crippen molar-refractivity contribution in [1.82, 2.24) is 0 Å². The summed E-state index contributed by atoms with van der Waals surface area (Å²) in [7, 11) is 0. The SMILES string of the molecule is O=C(O)Cc1ccc(OC(O)CCO)cc1. The maximum atomic E-state index is 10.4. The van der Waals surface area contributed by atoms with E-state index in [1.165, 1.54) is 0 Å². The third-order valence-corrected chi connectivity index (χ3v) is 1.93. The standard InChI is InChI=1S/C11H14O5/c12-6-5-11(15)16-9-3-1-8(2-4-9)7-10(13)14/h1-4,11-12,15H,5-7H2,(H,13,14). The van der Waals surface area contributed by atoms with Crippen molar-refractivity contribution in [3.05, 3.63) is 29.8 Å². The first kappa shape index (κ1) is 12.5. The van der Waals surface area contributed by atoms with Crippen LogP contribution in [0.5, 0.6) is 5.75 Å². The first-order chi connectivity index (χ1) is 7.61. The summed E-state index contributed by atoms with van der Waals surface area (Å²) in [6.45, 7) is -0.154. The van der Waals surface area contributed by atoms with Gasteiger partial charge in [-0.1, -0.05) is 12.1 Å². The monoisotopic (exact) mass is 226 g/mol. The molecule has 0 aromatic heterocycles. The number of rotatable bonds is 6. The van der Waals surface area contributed by atoms with E-state index in [1.54, 1.807) is 24.3 Å². The molecule has 5 heteroatoms. The smallest absolute Gasteiger partial charge is 0.307 e. The van der Waals surface area contributed by atoms with E-state index in [0.717, 1.165) is 0 Å². The average Bonchev–Trinajstić information content (AvgIpc) is 2.20.